The van der Waals surface area contributed by atoms with Crippen LogP contribution in [0.3, 0.4) is 0 Å². The van der Waals surface area contributed by atoms with Crippen molar-refractivity contribution >= 4 is 40.9 Å². The average molecular weight is 487 g/mol. The molecule has 0 saturated carbocycles. The van der Waals surface area contributed by atoms with E-state index in [1.807, 2.05) is 31.2 Å². The molecule has 2 amide bonds. The predicted molar refractivity (Wildman–Crippen MR) is 132 cm³/mol. The van der Waals surface area contributed by atoms with Crippen molar-refractivity contribution in [2.45, 2.75) is 55.7 Å². The Morgan fingerprint density at radius 1 is 1.27 bits per heavy atom. The van der Waals surface area contributed by atoms with Crippen molar-refractivity contribution in [1.29, 1.82) is 0 Å². The number of nitrogens with zero attached hydrogens (tertiary/aromatic N) is 1. The molecule has 0 bridgehead atoms. The van der Waals surface area contributed by atoms with Gasteiger partial charge in [-0.2, -0.15) is 0 Å². The molecule has 4 nitrogen and oxygen atoms in total. The first-order chi connectivity index (χ1) is 15.9. The van der Waals surface area contributed by atoms with E-state index in [-0.39, 0.29) is 23.4 Å². The van der Waals surface area contributed by atoms with Crippen molar-refractivity contribution in [3.8, 4) is 0 Å². The molecular formula is C26H28ClFN2O2S. The molecule has 2 aromatic carbocycles. The van der Waals surface area contributed by atoms with Gasteiger partial charge in [0.05, 0.1) is 18.2 Å². The normalized spacial score (nSPS) is 19.0. The Balaban J connectivity index is 1.48. The summed E-state index contributed by atoms with van der Waals surface area (Å²) in [6.45, 7) is 2.61. The fourth-order valence-corrected chi connectivity index (χ4v) is 5.83. The fourth-order valence-electron chi connectivity index (χ4n) is 4.32. The monoisotopic (exact) mass is 486 g/mol. The van der Waals surface area contributed by atoms with Gasteiger partial charge in [0.25, 0.3) is 0 Å². The van der Waals surface area contributed by atoms with E-state index in [0.717, 1.165) is 29.8 Å². The maximum Gasteiger partial charge on any atom is 0.241 e. The molecule has 0 saturated heterocycles. The zero-order chi connectivity index (χ0) is 23.4. The van der Waals surface area contributed by atoms with Gasteiger partial charge < -0.3 is 10.2 Å². The van der Waals surface area contributed by atoms with Crippen LogP contribution in [-0.2, 0) is 16.1 Å². The summed E-state index contributed by atoms with van der Waals surface area (Å²) in [6, 6.07) is 11.8. The van der Waals surface area contributed by atoms with Crippen LogP contribution in [0.5, 0.6) is 0 Å². The Bertz CT molecular complexity index is 1070. The van der Waals surface area contributed by atoms with E-state index in [9.17, 15) is 14.0 Å². The average Bonchev–Trinajstić information content (AvgIpc) is 2.82. The number of rotatable bonds is 7. The summed E-state index contributed by atoms with van der Waals surface area (Å²) in [5, 5.41) is 2.75. The van der Waals surface area contributed by atoms with Crippen LogP contribution in [0.15, 0.2) is 59.0 Å². The number of halogens is 2. The lowest BCUT2D eigenvalue weighted by Crippen LogP contribution is -2.47. The number of carbonyl (C=O) groups excluding carboxylic acids is 2. The predicted octanol–water partition coefficient (Wildman–Crippen LogP) is 6.13. The molecule has 0 spiro atoms. The Hall–Kier alpha value is -2.31. The Morgan fingerprint density at radius 3 is 2.85 bits per heavy atom. The molecule has 2 atom stereocenters. The third-order valence-electron chi connectivity index (χ3n) is 6.26. The number of nitrogens with one attached hydrogen (secondary N) is 1. The molecule has 2 aromatic rings. The van der Waals surface area contributed by atoms with Crippen molar-refractivity contribution in [2.24, 2.45) is 5.92 Å². The van der Waals surface area contributed by atoms with Gasteiger partial charge in [0.2, 0.25) is 11.8 Å². The zero-order valence-corrected chi connectivity index (χ0v) is 20.2. The molecule has 0 fully saturated rings. The maximum absolute atomic E-state index is 13.5. The Labute approximate surface area is 203 Å². The van der Waals surface area contributed by atoms with Crippen molar-refractivity contribution in [2.75, 3.05) is 11.4 Å². The first-order valence-electron chi connectivity index (χ1n) is 11.4. The number of hydrogen-bond acceptors (Lipinski definition) is 3. The van der Waals surface area contributed by atoms with Gasteiger partial charge in [0, 0.05) is 16.5 Å². The summed E-state index contributed by atoms with van der Waals surface area (Å²) >= 11 is 7.67. The van der Waals surface area contributed by atoms with Gasteiger partial charge in [0.15, 0.2) is 0 Å². The number of allylic oxidation sites excluding steroid dienone is 1. The minimum atomic E-state index is -0.548. The lowest BCUT2D eigenvalue weighted by atomic mass is 9.97. The number of benzene rings is 2. The van der Waals surface area contributed by atoms with Crippen LogP contribution in [0.1, 0.15) is 44.6 Å². The van der Waals surface area contributed by atoms with Crippen LogP contribution in [0, 0.1) is 11.7 Å². The molecular weight excluding hydrogens is 459 g/mol. The second-order valence-corrected chi connectivity index (χ2v) is 10.2. The Kier molecular flexibility index (Phi) is 7.76. The van der Waals surface area contributed by atoms with Gasteiger partial charge >= 0.3 is 0 Å². The highest BCUT2D eigenvalue weighted by Crippen LogP contribution is 2.42. The number of para-hydroxylation sites is 1. The first-order valence-corrected chi connectivity index (χ1v) is 12.7. The molecule has 2 aliphatic rings. The van der Waals surface area contributed by atoms with Crippen LogP contribution in [0.25, 0.3) is 0 Å². The van der Waals surface area contributed by atoms with Crippen LogP contribution >= 0.6 is 23.4 Å². The molecule has 1 aliphatic carbocycles. The van der Waals surface area contributed by atoms with Gasteiger partial charge in [-0.05, 0) is 61.9 Å². The lowest BCUT2D eigenvalue weighted by molar-refractivity contribution is -0.128. The fraction of sp³-hybridized carbons (Fsp3) is 0.385. The second-order valence-electron chi connectivity index (χ2n) is 8.60. The zero-order valence-electron chi connectivity index (χ0n) is 18.7. The minimum absolute atomic E-state index is 0.114. The summed E-state index contributed by atoms with van der Waals surface area (Å²) in [5.41, 5.74) is 2.85. The third kappa shape index (κ3) is 5.61. The van der Waals surface area contributed by atoms with E-state index >= 15 is 0 Å². The van der Waals surface area contributed by atoms with E-state index in [0.29, 0.717) is 12.1 Å². The molecule has 174 valence electrons. The minimum Gasteiger partial charge on any atom is -0.356 e. The Morgan fingerprint density at radius 2 is 2.09 bits per heavy atom. The van der Waals surface area contributed by atoms with Gasteiger partial charge in [-0.15, -0.1) is 11.8 Å². The molecule has 7 heteroatoms. The molecule has 0 radical (unpaired) electrons. The van der Waals surface area contributed by atoms with Crippen molar-refractivity contribution in [3.63, 3.8) is 0 Å². The molecule has 4 rings (SSSR count). The van der Waals surface area contributed by atoms with E-state index in [1.165, 1.54) is 42.3 Å². The number of carbonyl (C=O) groups is 2. The highest BCUT2D eigenvalue weighted by molar-refractivity contribution is 8.01. The van der Waals surface area contributed by atoms with Crippen LogP contribution in [0.4, 0.5) is 10.1 Å². The summed E-state index contributed by atoms with van der Waals surface area (Å²) in [7, 11) is 0. The van der Waals surface area contributed by atoms with E-state index in [4.69, 9.17) is 11.6 Å². The van der Waals surface area contributed by atoms with Crippen molar-refractivity contribution < 1.29 is 14.0 Å². The first kappa shape index (κ1) is 23.8. The largest absolute Gasteiger partial charge is 0.356 e. The molecule has 1 heterocycles. The molecule has 1 aliphatic heterocycles. The smallest absolute Gasteiger partial charge is 0.241 e. The topological polar surface area (TPSA) is 49.4 Å². The molecule has 0 unspecified atom stereocenters. The van der Waals surface area contributed by atoms with E-state index in [2.05, 4.69) is 11.4 Å². The third-order valence-corrected chi connectivity index (χ3v) is 8.08. The van der Waals surface area contributed by atoms with Crippen LogP contribution in [-0.4, -0.2) is 23.6 Å². The van der Waals surface area contributed by atoms with Crippen molar-refractivity contribution in [3.05, 3.63) is 70.5 Å². The van der Waals surface area contributed by atoms with Crippen LogP contribution in [0.2, 0.25) is 5.02 Å². The summed E-state index contributed by atoms with van der Waals surface area (Å²) in [5.74, 6) is -1.17. The summed E-state index contributed by atoms with van der Waals surface area (Å²) in [4.78, 5) is 29.1. The van der Waals surface area contributed by atoms with Gasteiger partial charge in [-0.1, -0.05) is 48.4 Å². The number of amides is 2. The maximum atomic E-state index is 13.5. The highest BCUT2D eigenvalue weighted by atomic mass is 35.5. The van der Waals surface area contributed by atoms with E-state index < -0.39 is 17.0 Å². The number of thioether (sulfide) groups is 1. The van der Waals surface area contributed by atoms with Gasteiger partial charge in [-0.3, -0.25) is 9.59 Å². The second kappa shape index (κ2) is 10.7. The van der Waals surface area contributed by atoms with Crippen molar-refractivity contribution in [1.82, 2.24) is 5.32 Å². The summed E-state index contributed by atoms with van der Waals surface area (Å²) in [6.07, 6.45) is 7.85. The lowest BCUT2D eigenvalue weighted by Gasteiger charge is -2.36. The van der Waals surface area contributed by atoms with Crippen LogP contribution < -0.4 is 10.2 Å². The highest BCUT2D eigenvalue weighted by Gasteiger charge is 2.39. The number of fused-ring (bicyclic) bond motifs is 1. The molecule has 33 heavy (non-hydrogen) atoms. The van der Waals surface area contributed by atoms with Gasteiger partial charge in [0.1, 0.15) is 11.1 Å². The summed E-state index contributed by atoms with van der Waals surface area (Å²) < 4.78 is 13.5. The number of anilines is 1. The number of hydrogen-bond donors (Lipinski definition) is 1. The SMILES string of the molecule is C[C@@H](C(=O)NCCC1=CCCCC1)[C@H]1Sc2ccccc2N(Cc2ccc(F)cc2Cl)C1=O. The quantitative estimate of drug-likeness (QED) is 0.479. The standard InChI is InChI=1S/C26H28ClFN2O2S/c1-17(25(31)29-14-13-18-7-3-2-4-8-18)24-26(32)30(22-9-5-6-10-23(22)33-24)16-19-11-12-20(28)15-21(19)27/h5-7,9-12,15,17,24H,2-4,8,13-14,16H2,1H3,(H,29,31)/t17-,24-/m1/s1. The van der Waals surface area contributed by atoms with Gasteiger partial charge in [-0.25, -0.2) is 4.39 Å². The van der Waals surface area contributed by atoms with E-state index in [1.54, 1.807) is 11.0 Å². The molecule has 1 N–H and O–H groups in total. The molecule has 0 aromatic heterocycles.